The molecule has 12 nitrogen and oxygen atoms in total. The molecule has 0 bridgehead atoms. The highest BCUT2D eigenvalue weighted by Gasteiger charge is 2.51. The van der Waals surface area contributed by atoms with Crippen LogP contribution >= 0.6 is 24.2 Å². The number of nitrogens with zero attached hydrogens (tertiary/aromatic N) is 2. The second kappa shape index (κ2) is 19.9. The number of rotatable bonds is 16. The van der Waals surface area contributed by atoms with Crippen molar-refractivity contribution in [3.8, 4) is 5.75 Å². The number of likely N-dealkylation sites (N-methyl/N-ethyl adjacent to an activating group) is 1. The van der Waals surface area contributed by atoms with E-state index in [2.05, 4.69) is 16.0 Å². The zero-order valence-electron chi connectivity index (χ0n) is 31.9. The number of hydrogen-bond donors (Lipinski definition) is 3. The molecule has 1 heterocycles. The van der Waals surface area contributed by atoms with Crippen molar-refractivity contribution in [2.24, 2.45) is 0 Å². The molecule has 1 aliphatic rings. The molecule has 3 N–H and O–H groups in total. The molecule has 288 valence electrons. The van der Waals surface area contributed by atoms with Crippen LogP contribution in [-0.2, 0) is 35.1 Å². The van der Waals surface area contributed by atoms with Crippen molar-refractivity contribution in [1.82, 2.24) is 25.8 Å². The Balaban J connectivity index is 0.00000936. The summed E-state index contributed by atoms with van der Waals surface area (Å²) < 4.78 is 11.2. The molecule has 0 radical (unpaired) electrons. The van der Waals surface area contributed by atoms with E-state index in [0.29, 0.717) is 18.8 Å². The van der Waals surface area contributed by atoms with E-state index in [-0.39, 0.29) is 56.0 Å². The largest absolute Gasteiger partial charge is 0.483 e. The van der Waals surface area contributed by atoms with Crippen LogP contribution in [0.5, 0.6) is 5.75 Å². The molecule has 3 atom stereocenters. The van der Waals surface area contributed by atoms with Gasteiger partial charge in [-0.1, -0.05) is 48.5 Å². The fourth-order valence-corrected chi connectivity index (χ4v) is 6.90. The smallest absolute Gasteiger partial charge is 0.307 e. The zero-order valence-corrected chi connectivity index (χ0v) is 33.5. The van der Waals surface area contributed by atoms with E-state index in [4.69, 9.17) is 9.47 Å². The van der Waals surface area contributed by atoms with E-state index in [0.717, 1.165) is 16.7 Å². The summed E-state index contributed by atoms with van der Waals surface area (Å²) in [5.41, 5.74) is 1.95. The topological polar surface area (TPSA) is 146 Å². The SMILES string of the molecule is Cc1cccc(C)c1OCC(=O)N[C@@H](Cc1ccccc1)[C@H](OC(=O)CCC(=O)NCCN(C)C)C(=O)N1CSC(C)(C)[C@H]1C(=O)NC(C)(C)C.Cl. The van der Waals surface area contributed by atoms with Gasteiger partial charge < -0.3 is 35.2 Å². The highest BCUT2D eigenvalue weighted by Crippen LogP contribution is 2.40. The van der Waals surface area contributed by atoms with Crippen LogP contribution in [0, 0.1) is 13.8 Å². The maximum absolute atomic E-state index is 14.7. The summed E-state index contributed by atoms with van der Waals surface area (Å²) in [4.78, 5) is 71.2. The molecule has 1 fully saturated rings. The second-order valence-electron chi connectivity index (χ2n) is 14.8. The summed E-state index contributed by atoms with van der Waals surface area (Å²) in [6.45, 7) is 13.8. The van der Waals surface area contributed by atoms with Crippen LogP contribution in [0.4, 0.5) is 0 Å². The van der Waals surface area contributed by atoms with Crippen LogP contribution in [0.25, 0.3) is 0 Å². The fourth-order valence-electron chi connectivity index (χ4n) is 5.76. The molecular weight excluding hydrogens is 706 g/mol. The number of ether oxygens (including phenoxy) is 2. The second-order valence-corrected chi connectivity index (χ2v) is 16.4. The third-order valence-electron chi connectivity index (χ3n) is 8.28. The van der Waals surface area contributed by atoms with Crippen molar-refractivity contribution in [2.75, 3.05) is 39.7 Å². The van der Waals surface area contributed by atoms with Crippen LogP contribution in [-0.4, -0.2) is 108 Å². The van der Waals surface area contributed by atoms with Crippen molar-refractivity contribution in [2.45, 2.75) is 96.2 Å². The molecular formula is C38H56ClN5O7S. The number of para-hydroxylation sites is 1. The molecule has 0 aliphatic carbocycles. The Labute approximate surface area is 318 Å². The summed E-state index contributed by atoms with van der Waals surface area (Å²) in [5, 5.41) is 8.67. The number of amides is 4. The lowest BCUT2D eigenvalue weighted by atomic mass is 9.96. The Hall–Kier alpha value is -3.81. The zero-order chi connectivity index (χ0) is 37.9. The van der Waals surface area contributed by atoms with Crippen LogP contribution in [0.2, 0.25) is 0 Å². The maximum atomic E-state index is 14.7. The van der Waals surface area contributed by atoms with E-state index >= 15 is 0 Å². The minimum atomic E-state index is -1.52. The minimum absolute atomic E-state index is 0. The van der Waals surface area contributed by atoms with Gasteiger partial charge in [0.05, 0.1) is 18.3 Å². The summed E-state index contributed by atoms with van der Waals surface area (Å²) in [7, 11) is 3.77. The first kappa shape index (κ1) is 44.4. The lowest BCUT2D eigenvalue weighted by Crippen LogP contribution is -2.61. The predicted molar refractivity (Wildman–Crippen MR) is 206 cm³/mol. The lowest BCUT2D eigenvalue weighted by molar-refractivity contribution is -0.164. The molecule has 52 heavy (non-hydrogen) atoms. The fraction of sp³-hybridized carbons (Fsp3) is 0.553. The molecule has 4 amide bonds. The molecule has 3 rings (SSSR count). The van der Waals surface area contributed by atoms with Crippen molar-refractivity contribution in [1.29, 1.82) is 0 Å². The number of hydrogen-bond acceptors (Lipinski definition) is 9. The van der Waals surface area contributed by atoms with Crippen molar-refractivity contribution >= 4 is 53.8 Å². The van der Waals surface area contributed by atoms with Crippen molar-refractivity contribution < 1.29 is 33.4 Å². The first-order valence-corrected chi connectivity index (χ1v) is 18.3. The highest BCUT2D eigenvalue weighted by molar-refractivity contribution is 8.00. The van der Waals surface area contributed by atoms with Gasteiger partial charge in [-0.15, -0.1) is 24.2 Å². The molecule has 1 aliphatic heterocycles. The molecule has 0 spiro atoms. The van der Waals surface area contributed by atoms with E-state index < -0.39 is 46.3 Å². The average Bonchev–Trinajstić information content (AvgIpc) is 3.36. The molecule has 14 heteroatoms. The molecule has 0 aromatic heterocycles. The van der Waals surface area contributed by atoms with E-state index in [9.17, 15) is 24.0 Å². The Bertz CT molecular complexity index is 1510. The number of nitrogens with one attached hydrogen (secondary N) is 3. The average molecular weight is 762 g/mol. The Morgan fingerprint density at radius 1 is 0.962 bits per heavy atom. The van der Waals surface area contributed by atoms with Gasteiger partial charge in [0.15, 0.2) is 6.61 Å². The van der Waals surface area contributed by atoms with Gasteiger partial charge in [0.1, 0.15) is 11.8 Å². The molecule has 2 aromatic carbocycles. The van der Waals surface area contributed by atoms with Gasteiger partial charge in [0, 0.05) is 29.8 Å². The van der Waals surface area contributed by atoms with Gasteiger partial charge in [-0.3, -0.25) is 24.0 Å². The normalized spacial score (nSPS) is 16.3. The van der Waals surface area contributed by atoms with Gasteiger partial charge in [-0.25, -0.2) is 0 Å². The number of halogens is 1. The first-order chi connectivity index (χ1) is 23.9. The van der Waals surface area contributed by atoms with Gasteiger partial charge in [-0.05, 0) is 85.7 Å². The first-order valence-electron chi connectivity index (χ1n) is 17.3. The third-order valence-corrected chi connectivity index (χ3v) is 9.66. The van der Waals surface area contributed by atoms with Gasteiger partial charge in [-0.2, -0.15) is 0 Å². The molecule has 0 unspecified atom stereocenters. The van der Waals surface area contributed by atoms with E-state index in [1.54, 1.807) is 0 Å². The Kier molecular flexibility index (Phi) is 16.9. The van der Waals surface area contributed by atoms with E-state index in [1.165, 1.54) is 16.7 Å². The van der Waals surface area contributed by atoms with E-state index in [1.807, 2.05) is 116 Å². The van der Waals surface area contributed by atoms with Crippen LogP contribution in [0.3, 0.4) is 0 Å². The number of esters is 1. The number of thioether (sulfide) groups is 1. The number of benzene rings is 2. The summed E-state index contributed by atoms with van der Waals surface area (Å²) in [5.74, 6) is -1.84. The highest BCUT2D eigenvalue weighted by atomic mass is 35.5. The summed E-state index contributed by atoms with van der Waals surface area (Å²) >= 11 is 1.44. The Morgan fingerprint density at radius 3 is 2.19 bits per heavy atom. The number of aryl methyl sites for hydroxylation is 2. The maximum Gasteiger partial charge on any atom is 0.307 e. The van der Waals surface area contributed by atoms with Gasteiger partial charge in [0.25, 0.3) is 11.8 Å². The van der Waals surface area contributed by atoms with Crippen LogP contribution in [0.1, 0.15) is 64.2 Å². The van der Waals surface area contributed by atoms with Crippen molar-refractivity contribution in [3.63, 3.8) is 0 Å². The number of carbonyl (C=O) groups excluding carboxylic acids is 5. The predicted octanol–water partition coefficient (Wildman–Crippen LogP) is 3.80. The standard InChI is InChI=1S/C38H55N5O7S.ClH/c1-25-14-13-15-26(2)32(25)49-23-30(45)40-28(22-27-16-11-10-12-17-27)33(50-31(46)19-18-29(44)39-20-21-42(8)9)36(48)43-24-51-38(6,7)34(43)35(47)41-37(3,4)5;/h10-17,28,33-34H,18-24H2,1-9H3,(H,39,44)(H,40,45)(H,41,47);1H/t28-,33-,34+;/m0./s1. The van der Waals surface area contributed by atoms with Gasteiger partial charge in [0.2, 0.25) is 17.9 Å². The quantitative estimate of drug-likeness (QED) is 0.218. The molecule has 0 saturated carbocycles. The van der Waals surface area contributed by atoms with Crippen LogP contribution in [0.15, 0.2) is 48.5 Å². The van der Waals surface area contributed by atoms with Crippen molar-refractivity contribution in [3.05, 3.63) is 65.2 Å². The van der Waals surface area contributed by atoms with Gasteiger partial charge >= 0.3 is 5.97 Å². The van der Waals surface area contributed by atoms with Crippen LogP contribution < -0.4 is 20.7 Å². The number of carbonyl (C=O) groups is 5. The molecule has 1 saturated heterocycles. The monoisotopic (exact) mass is 761 g/mol. The Morgan fingerprint density at radius 2 is 1.60 bits per heavy atom. The summed E-state index contributed by atoms with van der Waals surface area (Å²) in [6.07, 6.45) is -1.81. The minimum Gasteiger partial charge on any atom is -0.483 e. The third kappa shape index (κ3) is 13.6. The lowest BCUT2D eigenvalue weighted by Gasteiger charge is -2.36. The summed E-state index contributed by atoms with van der Waals surface area (Å²) in [6, 6.07) is 13.0. The molecule has 2 aromatic rings.